The molecule has 114 valence electrons. The maximum absolute atomic E-state index is 12.3. The minimum Gasteiger partial charge on any atom is -0.350 e. The second-order valence-corrected chi connectivity index (χ2v) is 7.89. The van der Waals surface area contributed by atoms with Crippen LogP contribution in [0.4, 0.5) is 0 Å². The largest absolute Gasteiger partial charge is 0.350 e. The highest BCUT2D eigenvalue weighted by atomic mass is 16.1. The van der Waals surface area contributed by atoms with Crippen LogP contribution in [-0.4, -0.2) is 22.2 Å². The lowest BCUT2D eigenvalue weighted by atomic mass is 9.49. The van der Waals surface area contributed by atoms with Gasteiger partial charge < -0.3 is 5.32 Å². The van der Waals surface area contributed by atoms with E-state index in [0.717, 1.165) is 30.0 Å². The van der Waals surface area contributed by atoms with Crippen LogP contribution in [-0.2, 0) is 7.05 Å². The first-order chi connectivity index (χ1) is 10.0. The molecular formula is C17H25N3O. The Balaban J connectivity index is 1.43. The first-order valence-corrected chi connectivity index (χ1v) is 8.32. The summed E-state index contributed by atoms with van der Waals surface area (Å²) >= 11 is 0. The molecule has 0 aliphatic heterocycles. The number of nitrogens with one attached hydrogen (secondary N) is 1. The highest BCUT2D eigenvalue weighted by Crippen LogP contribution is 2.59. The average Bonchev–Trinajstić information content (AvgIpc) is 2.75. The molecule has 4 nitrogen and oxygen atoms in total. The number of aromatic nitrogens is 2. The zero-order valence-electron chi connectivity index (χ0n) is 13.1. The van der Waals surface area contributed by atoms with Gasteiger partial charge >= 0.3 is 0 Å². The molecule has 4 saturated carbocycles. The van der Waals surface area contributed by atoms with Gasteiger partial charge in [0.2, 0.25) is 0 Å². The van der Waals surface area contributed by atoms with E-state index in [0.29, 0.717) is 11.1 Å². The Morgan fingerprint density at radius 1 is 1.29 bits per heavy atom. The monoisotopic (exact) mass is 287 g/mol. The van der Waals surface area contributed by atoms with Gasteiger partial charge in [0.15, 0.2) is 0 Å². The fraction of sp³-hybridized carbons (Fsp3) is 0.765. The first kappa shape index (κ1) is 13.4. The number of hydrogen-bond acceptors (Lipinski definition) is 2. The van der Waals surface area contributed by atoms with Gasteiger partial charge in [0, 0.05) is 19.3 Å². The molecule has 4 heteroatoms. The summed E-state index contributed by atoms with van der Waals surface area (Å²) in [5.41, 5.74) is 1.98. The lowest BCUT2D eigenvalue weighted by molar-refractivity contribution is -0.0503. The van der Waals surface area contributed by atoms with Gasteiger partial charge in [-0.25, -0.2) is 0 Å². The topological polar surface area (TPSA) is 46.9 Å². The van der Waals surface area contributed by atoms with E-state index in [4.69, 9.17) is 0 Å². The molecule has 0 saturated heterocycles. The zero-order valence-corrected chi connectivity index (χ0v) is 13.1. The van der Waals surface area contributed by atoms with Gasteiger partial charge in [0.1, 0.15) is 5.69 Å². The molecule has 0 atom stereocenters. The van der Waals surface area contributed by atoms with Crippen LogP contribution in [0.15, 0.2) is 6.07 Å². The number of nitrogens with zero attached hydrogens (tertiary/aromatic N) is 2. The highest BCUT2D eigenvalue weighted by molar-refractivity contribution is 5.92. The molecular weight excluding hydrogens is 262 g/mol. The van der Waals surface area contributed by atoms with Gasteiger partial charge in [-0.3, -0.25) is 9.48 Å². The van der Waals surface area contributed by atoms with E-state index in [1.165, 1.54) is 38.5 Å². The third kappa shape index (κ3) is 2.29. The minimum absolute atomic E-state index is 0.00514. The molecule has 0 unspecified atom stereocenters. The fourth-order valence-electron chi connectivity index (χ4n) is 5.54. The number of carbonyl (C=O) groups is 1. The van der Waals surface area contributed by atoms with Gasteiger partial charge in [-0.15, -0.1) is 0 Å². The summed E-state index contributed by atoms with van der Waals surface area (Å²) in [6, 6.07) is 1.87. The molecule has 1 N–H and O–H groups in total. The summed E-state index contributed by atoms with van der Waals surface area (Å²) in [6.07, 6.45) is 8.35. The Kier molecular flexibility index (Phi) is 2.92. The molecule has 0 spiro atoms. The normalized spacial score (nSPS) is 37.0. The first-order valence-electron chi connectivity index (χ1n) is 8.32. The van der Waals surface area contributed by atoms with E-state index >= 15 is 0 Å². The molecule has 4 bridgehead atoms. The van der Waals surface area contributed by atoms with E-state index in [1.54, 1.807) is 4.68 Å². The molecule has 0 aromatic carbocycles. The van der Waals surface area contributed by atoms with Crippen LogP contribution in [0, 0.1) is 30.1 Å². The second kappa shape index (κ2) is 4.59. The average molecular weight is 287 g/mol. The van der Waals surface area contributed by atoms with Crippen molar-refractivity contribution in [2.75, 3.05) is 6.54 Å². The third-order valence-corrected chi connectivity index (χ3v) is 6.14. The van der Waals surface area contributed by atoms with Crippen LogP contribution >= 0.6 is 0 Å². The van der Waals surface area contributed by atoms with Gasteiger partial charge in [-0.05, 0) is 74.7 Å². The van der Waals surface area contributed by atoms with E-state index in [9.17, 15) is 4.79 Å². The summed E-state index contributed by atoms with van der Waals surface area (Å²) in [6.45, 7) is 2.83. The second-order valence-electron chi connectivity index (χ2n) is 7.89. The Bertz CT molecular complexity index is 520. The molecule has 1 heterocycles. The molecule has 4 aliphatic rings. The summed E-state index contributed by atoms with van der Waals surface area (Å²) in [4.78, 5) is 12.3. The molecule has 1 amide bonds. The van der Waals surface area contributed by atoms with Crippen molar-refractivity contribution < 1.29 is 4.79 Å². The van der Waals surface area contributed by atoms with Crippen molar-refractivity contribution in [3.8, 4) is 0 Å². The van der Waals surface area contributed by atoms with Crippen LogP contribution in [0.25, 0.3) is 0 Å². The fourth-order valence-corrected chi connectivity index (χ4v) is 5.54. The Morgan fingerprint density at radius 3 is 2.33 bits per heavy atom. The summed E-state index contributed by atoms with van der Waals surface area (Å²) < 4.78 is 1.76. The van der Waals surface area contributed by atoms with Crippen molar-refractivity contribution in [1.82, 2.24) is 15.1 Å². The van der Waals surface area contributed by atoms with E-state index < -0.39 is 0 Å². The van der Waals surface area contributed by atoms with Crippen LogP contribution in [0.5, 0.6) is 0 Å². The van der Waals surface area contributed by atoms with Gasteiger partial charge in [0.05, 0.1) is 0 Å². The predicted molar refractivity (Wildman–Crippen MR) is 80.9 cm³/mol. The predicted octanol–water partition coefficient (Wildman–Crippen LogP) is 2.67. The summed E-state index contributed by atoms with van der Waals surface area (Å²) in [7, 11) is 1.88. The minimum atomic E-state index is -0.00514. The van der Waals surface area contributed by atoms with Crippen LogP contribution < -0.4 is 5.32 Å². The SMILES string of the molecule is Cc1cc(C(=O)NCC23CC4CC(CC(C4)C2)C3)nn1C. The lowest BCUT2D eigenvalue weighted by Crippen LogP contribution is -2.51. The van der Waals surface area contributed by atoms with Gasteiger partial charge in [-0.2, -0.15) is 5.10 Å². The van der Waals surface area contributed by atoms with Crippen molar-refractivity contribution in [3.63, 3.8) is 0 Å². The maximum Gasteiger partial charge on any atom is 0.271 e. The molecule has 0 radical (unpaired) electrons. The standard InChI is InChI=1S/C17H25N3O/c1-11-3-15(19-20(11)2)16(21)18-10-17-7-12-4-13(8-17)6-14(5-12)9-17/h3,12-14H,4-10H2,1-2H3,(H,18,21). The van der Waals surface area contributed by atoms with Crippen LogP contribution in [0.2, 0.25) is 0 Å². The molecule has 4 fully saturated rings. The lowest BCUT2D eigenvalue weighted by Gasteiger charge is -2.56. The number of rotatable bonds is 3. The number of aryl methyl sites for hydroxylation is 2. The Labute approximate surface area is 126 Å². The summed E-state index contributed by atoms with van der Waals surface area (Å²) in [5, 5.41) is 7.46. The molecule has 21 heavy (non-hydrogen) atoms. The molecule has 5 rings (SSSR count). The van der Waals surface area contributed by atoms with Crippen LogP contribution in [0.1, 0.15) is 54.7 Å². The van der Waals surface area contributed by atoms with Crippen molar-refractivity contribution in [3.05, 3.63) is 17.5 Å². The van der Waals surface area contributed by atoms with Crippen LogP contribution in [0.3, 0.4) is 0 Å². The number of amides is 1. The Morgan fingerprint density at radius 2 is 1.86 bits per heavy atom. The molecule has 1 aromatic heterocycles. The van der Waals surface area contributed by atoms with E-state index in [1.807, 2.05) is 20.0 Å². The summed E-state index contributed by atoms with van der Waals surface area (Å²) in [5.74, 6) is 2.80. The van der Waals surface area contributed by atoms with Gasteiger partial charge in [0.25, 0.3) is 5.91 Å². The Hall–Kier alpha value is -1.32. The molecule has 1 aromatic rings. The third-order valence-electron chi connectivity index (χ3n) is 6.14. The number of carbonyl (C=O) groups excluding carboxylic acids is 1. The molecule has 4 aliphatic carbocycles. The smallest absolute Gasteiger partial charge is 0.271 e. The van der Waals surface area contributed by atoms with Gasteiger partial charge in [-0.1, -0.05) is 0 Å². The quantitative estimate of drug-likeness (QED) is 0.929. The maximum atomic E-state index is 12.3. The highest BCUT2D eigenvalue weighted by Gasteiger charge is 2.50. The van der Waals surface area contributed by atoms with E-state index in [2.05, 4.69) is 10.4 Å². The van der Waals surface area contributed by atoms with Crippen molar-refractivity contribution >= 4 is 5.91 Å². The van der Waals surface area contributed by atoms with E-state index in [-0.39, 0.29) is 5.91 Å². The van der Waals surface area contributed by atoms with Crippen molar-refractivity contribution in [2.45, 2.75) is 45.4 Å². The van der Waals surface area contributed by atoms with Crippen molar-refractivity contribution in [2.24, 2.45) is 30.2 Å². The number of hydrogen-bond donors (Lipinski definition) is 1. The zero-order chi connectivity index (χ0) is 14.6. The van der Waals surface area contributed by atoms with Crippen molar-refractivity contribution in [1.29, 1.82) is 0 Å².